The fourth-order valence-corrected chi connectivity index (χ4v) is 2.85. The van der Waals surface area contributed by atoms with Crippen LogP contribution in [0, 0.1) is 0 Å². The molecule has 1 aromatic heterocycles. The summed E-state index contributed by atoms with van der Waals surface area (Å²) in [6.07, 6.45) is 1.94. The Morgan fingerprint density at radius 1 is 1.10 bits per heavy atom. The van der Waals surface area contributed by atoms with Gasteiger partial charge in [-0.15, -0.1) is 0 Å². The highest BCUT2D eigenvalue weighted by molar-refractivity contribution is 6.38. The standard InChI is InChI=1S/C15H17Cl2N3O2.C4H4O4/c1-20(2)5-3-4-18-15(22)12-8-13(21)14-10(17)6-9(16)7-11(14)19-12;5-3(6)1-2-4(7)8/h6-8H,3-5H2,1-2H3,(H,18,22)(H,19,21);1-2H,(H,5,6)(H,7,8)/b;2-1-. The second-order valence-electron chi connectivity index (χ2n) is 6.28. The quantitative estimate of drug-likeness (QED) is 0.369. The van der Waals surface area contributed by atoms with Crippen LogP contribution >= 0.6 is 23.2 Å². The van der Waals surface area contributed by atoms with Crippen molar-refractivity contribution in [2.24, 2.45) is 0 Å². The molecule has 0 unspecified atom stereocenters. The summed E-state index contributed by atoms with van der Waals surface area (Å²) in [7, 11) is 3.94. The van der Waals surface area contributed by atoms with E-state index in [0.717, 1.165) is 13.0 Å². The topological polar surface area (TPSA) is 140 Å². The monoisotopic (exact) mass is 457 g/mol. The first-order chi connectivity index (χ1) is 14.0. The molecule has 30 heavy (non-hydrogen) atoms. The molecule has 0 saturated carbocycles. The van der Waals surface area contributed by atoms with Gasteiger partial charge < -0.3 is 25.4 Å². The van der Waals surface area contributed by atoms with Crippen LogP contribution in [0.4, 0.5) is 0 Å². The molecule has 1 aromatic carbocycles. The molecule has 0 aliphatic rings. The number of pyridine rings is 1. The number of fused-ring (bicyclic) bond motifs is 1. The largest absolute Gasteiger partial charge is 0.478 e. The van der Waals surface area contributed by atoms with E-state index in [4.69, 9.17) is 33.4 Å². The highest BCUT2D eigenvalue weighted by Crippen LogP contribution is 2.24. The number of amides is 1. The molecule has 0 radical (unpaired) electrons. The van der Waals surface area contributed by atoms with E-state index in [9.17, 15) is 19.2 Å². The minimum atomic E-state index is -1.26. The minimum Gasteiger partial charge on any atom is -0.478 e. The van der Waals surface area contributed by atoms with Crippen molar-refractivity contribution in [2.75, 3.05) is 27.2 Å². The number of carboxylic acid groups (broad SMARTS) is 2. The number of aliphatic carboxylic acids is 2. The molecular formula is C19H21Cl2N3O6. The number of hydrogen-bond donors (Lipinski definition) is 4. The molecule has 1 amide bonds. The Morgan fingerprint density at radius 2 is 1.70 bits per heavy atom. The summed E-state index contributed by atoms with van der Waals surface area (Å²) in [6.45, 7) is 1.41. The maximum absolute atomic E-state index is 12.1. The van der Waals surface area contributed by atoms with Crippen molar-refractivity contribution in [3.8, 4) is 0 Å². The van der Waals surface area contributed by atoms with E-state index in [1.54, 1.807) is 6.07 Å². The molecular weight excluding hydrogens is 437 g/mol. The van der Waals surface area contributed by atoms with E-state index in [-0.39, 0.29) is 22.1 Å². The zero-order chi connectivity index (χ0) is 22.8. The number of hydrogen-bond acceptors (Lipinski definition) is 5. The fraction of sp³-hybridized carbons (Fsp3) is 0.263. The number of carboxylic acids is 2. The van der Waals surface area contributed by atoms with Gasteiger partial charge in [-0.2, -0.15) is 0 Å². The van der Waals surface area contributed by atoms with Gasteiger partial charge in [0.15, 0.2) is 5.43 Å². The van der Waals surface area contributed by atoms with E-state index in [1.165, 1.54) is 12.1 Å². The number of rotatable bonds is 7. The van der Waals surface area contributed by atoms with E-state index in [2.05, 4.69) is 10.3 Å². The van der Waals surface area contributed by atoms with Crippen LogP contribution in [0.25, 0.3) is 10.9 Å². The van der Waals surface area contributed by atoms with Crippen molar-refractivity contribution < 1.29 is 24.6 Å². The number of nitrogens with zero attached hydrogens (tertiary/aromatic N) is 1. The number of carbonyl (C=O) groups excluding carboxylic acids is 1. The van der Waals surface area contributed by atoms with Crippen molar-refractivity contribution >= 4 is 52.0 Å². The second-order valence-corrected chi connectivity index (χ2v) is 7.12. The Kier molecular flexibility index (Phi) is 10.0. The Balaban J connectivity index is 0.000000479. The lowest BCUT2D eigenvalue weighted by Crippen LogP contribution is -2.28. The molecule has 2 aromatic rings. The van der Waals surface area contributed by atoms with Gasteiger partial charge in [0.05, 0.1) is 15.9 Å². The third-order valence-electron chi connectivity index (χ3n) is 3.53. The number of nitrogens with one attached hydrogen (secondary N) is 2. The van der Waals surface area contributed by atoms with Crippen LogP contribution < -0.4 is 10.7 Å². The Morgan fingerprint density at radius 3 is 2.23 bits per heavy atom. The Hall–Kier alpha value is -2.88. The number of H-pyrrole nitrogens is 1. The van der Waals surface area contributed by atoms with Gasteiger partial charge in [0.2, 0.25) is 0 Å². The van der Waals surface area contributed by atoms with Gasteiger partial charge in [-0.1, -0.05) is 23.2 Å². The van der Waals surface area contributed by atoms with Crippen LogP contribution in [-0.4, -0.2) is 65.1 Å². The van der Waals surface area contributed by atoms with Gasteiger partial charge in [0, 0.05) is 29.8 Å². The van der Waals surface area contributed by atoms with E-state index in [0.29, 0.717) is 34.6 Å². The highest BCUT2D eigenvalue weighted by Gasteiger charge is 2.12. The molecule has 2 rings (SSSR count). The van der Waals surface area contributed by atoms with Crippen LogP contribution in [0.2, 0.25) is 10.0 Å². The van der Waals surface area contributed by atoms with Crippen molar-refractivity contribution in [1.82, 2.24) is 15.2 Å². The molecule has 0 atom stereocenters. The maximum atomic E-state index is 12.1. The van der Waals surface area contributed by atoms with Crippen molar-refractivity contribution in [2.45, 2.75) is 6.42 Å². The zero-order valence-electron chi connectivity index (χ0n) is 16.2. The molecule has 4 N–H and O–H groups in total. The molecule has 0 spiro atoms. The van der Waals surface area contributed by atoms with Crippen molar-refractivity contribution in [3.05, 3.63) is 56.3 Å². The van der Waals surface area contributed by atoms with Gasteiger partial charge in [-0.25, -0.2) is 9.59 Å². The predicted molar refractivity (Wildman–Crippen MR) is 115 cm³/mol. The summed E-state index contributed by atoms with van der Waals surface area (Å²) in [5, 5.41) is 19.4. The first-order valence-corrected chi connectivity index (χ1v) is 9.35. The first-order valence-electron chi connectivity index (χ1n) is 8.60. The molecule has 11 heteroatoms. The summed E-state index contributed by atoms with van der Waals surface area (Å²) in [5.74, 6) is -2.84. The Labute approximate surface area is 181 Å². The number of carbonyl (C=O) groups is 3. The van der Waals surface area contributed by atoms with Gasteiger partial charge in [-0.3, -0.25) is 9.59 Å². The normalized spacial score (nSPS) is 10.7. The summed E-state index contributed by atoms with van der Waals surface area (Å²) in [4.78, 5) is 48.3. The first kappa shape index (κ1) is 25.2. The second kappa shape index (κ2) is 12.0. The number of aromatic nitrogens is 1. The molecule has 0 aliphatic heterocycles. The number of benzene rings is 1. The fourth-order valence-electron chi connectivity index (χ4n) is 2.26. The lowest BCUT2D eigenvalue weighted by molar-refractivity contribution is -0.134. The third kappa shape index (κ3) is 8.64. The van der Waals surface area contributed by atoms with Crippen LogP contribution in [0.5, 0.6) is 0 Å². The minimum absolute atomic E-state index is 0.195. The summed E-state index contributed by atoms with van der Waals surface area (Å²) < 4.78 is 0. The van der Waals surface area contributed by atoms with Gasteiger partial charge >= 0.3 is 11.9 Å². The molecule has 0 aliphatic carbocycles. The molecule has 0 fully saturated rings. The Bertz CT molecular complexity index is 1000. The summed E-state index contributed by atoms with van der Waals surface area (Å²) in [5.41, 5.74) is 0.331. The van der Waals surface area contributed by atoms with Gasteiger partial charge in [-0.05, 0) is 39.2 Å². The smallest absolute Gasteiger partial charge is 0.328 e. The average molecular weight is 458 g/mol. The van der Waals surface area contributed by atoms with Crippen LogP contribution in [-0.2, 0) is 9.59 Å². The molecule has 162 valence electrons. The third-order valence-corrected chi connectivity index (χ3v) is 4.04. The SMILES string of the molecule is CN(C)CCCNC(=O)c1cc(=O)c2c(Cl)cc(Cl)cc2[nH]1.O=C(O)/C=C\C(=O)O. The van der Waals surface area contributed by atoms with Crippen LogP contribution in [0.15, 0.2) is 35.1 Å². The molecule has 1 heterocycles. The highest BCUT2D eigenvalue weighted by atomic mass is 35.5. The molecule has 0 bridgehead atoms. The van der Waals surface area contributed by atoms with E-state index < -0.39 is 11.9 Å². The number of halogens is 2. The molecule has 0 saturated heterocycles. The average Bonchev–Trinajstić information content (AvgIpc) is 2.62. The lowest BCUT2D eigenvalue weighted by atomic mass is 10.2. The van der Waals surface area contributed by atoms with Crippen molar-refractivity contribution in [1.29, 1.82) is 0 Å². The lowest BCUT2D eigenvalue weighted by Gasteiger charge is -2.10. The zero-order valence-corrected chi connectivity index (χ0v) is 17.8. The van der Waals surface area contributed by atoms with Crippen LogP contribution in [0.1, 0.15) is 16.9 Å². The predicted octanol–water partition coefficient (Wildman–Crippen LogP) is 2.23. The maximum Gasteiger partial charge on any atom is 0.328 e. The van der Waals surface area contributed by atoms with Gasteiger partial charge in [0.1, 0.15) is 5.69 Å². The number of aromatic amines is 1. The van der Waals surface area contributed by atoms with Gasteiger partial charge in [0.25, 0.3) is 5.91 Å². The molecule has 9 nitrogen and oxygen atoms in total. The summed E-state index contributed by atoms with van der Waals surface area (Å²) >= 11 is 12.0. The van der Waals surface area contributed by atoms with E-state index in [1.807, 2.05) is 19.0 Å². The summed E-state index contributed by atoms with van der Waals surface area (Å²) in [6, 6.07) is 4.33. The van der Waals surface area contributed by atoms with Crippen molar-refractivity contribution in [3.63, 3.8) is 0 Å². The van der Waals surface area contributed by atoms with Crippen LogP contribution in [0.3, 0.4) is 0 Å². The van der Waals surface area contributed by atoms with E-state index >= 15 is 0 Å².